The van der Waals surface area contributed by atoms with E-state index in [-0.39, 0.29) is 17.4 Å². The Morgan fingerprint density at radius 2 is 1.94 bits per heavy atom. The van der Waals surface area contributed by atoms with Crippen molar-refractivity contribution in [1.29, 1.82) is 0 Å². The first-order chi connectivity index (χ1) is 15.7. The first-order valence-corrected chi connectivity index (χ1v) is 12.4. The molecular weight excluding hydrogens is 414 g/mol. The van der Waals surface area contributed by atoms with E-state index in [0.717, 1.165) is 38.1 Å². The summed E-state index contributed by atoms with van der Waals surface area (Å²) in [6.45, 7) is 9.31. The molecule has 4 atom stereocenters. The molecule has 8 nitrogen and oxygen atoms in total. The average Bonchev–Trinajstić information content (AvgIpc) is 3.13. The lowest BCUT2D eigenvalue weighted by Crippen LogP contribution is -2.49. The molecule has 0 bridgehead atoms. The predicted molar refractivity (Wildman–Crippen MR) is 131 cm³/mol. The van der Waals surface area contributed by atoms with Crippen LogP contribution in [0.5, 0.6) is 0 Å². The SMILES string of the molecule is CCC[C@@H]1C[C@H](N(C)C)CC[C@@H]1N1CCC(Nc2ncnc3cnc(C(C)(C)C)nc23)C1=O. The fourth-order valence-corrected chi connectivity index (χ4v) is 5.43. The van der Waals surface area contributed by atoms with Gasteiger partial charge in [-0.15, -0.1) is 0 Å². The van der Waals surface area contributed by atoms with Gasteiger partial charge in [0.25, 0.3) is 0 Å². The van der Waals surface area contributed by atoms with Gasteiger partial charge in [-0.05, 0) is 52.1 Å². The second-order valence-electron chi connectivity index (χ2n) is 11.0. The Labute approximate surface area is 197 Å². The minimum absolute atomic E-state index is 0.180. The molecule has 1 aliphatic carbocycles. The van der Waals surface area contributed by atoms with Gasteiger partial charge < -0.3 is 15.1 Å². The Morgan fingerprint density at radius 1 is 1.15 bits per heavy atom. The maximum atomic E-state index is 13.5. The van der Waals surface area contributed by atoms with Gasteiger partial charge in [-0.25, -0.2) is 19.9 Å². The van der Waals surface area contributed by atoms with Crippen LogP contribution in [0.25, 0.3) is 11.0 Å². The van der Waals surface area contributed by atoms with Gasteiger partial charge in [-0.1, -0.05) is 34.1 Å². The molecule has 3 heterocycles. The first kappa shape index (κ1) is 23.8. The molecular formula is C25H39N7O. The Morgan fingerprint density at radius 3 is 2.64 bits per heavy atom. The van der Waals surface area contributed by atoms with Crippen LogP contribution >= 0.6 is 0 Å². The highest BCUT2D eigenvalue weighted by atomic mass is 16.2. The van der Waals surface area contributed by atoms with E-state index in [4.69, 9.17) is 4.98 Å². The van der Waals surface area contributed by atoms with Gasteiger partial charge in [-0.3, -0.25) is 4.79 Å². The number of anilines is 1. The summed E-state index contributed by atoms with van der Waals surface area (Å²) >= 11 is 0. The van der Waals surface area contributed by atoms with Crippen LogP contribution in [0.4, 0.5) is 5.82 Å². The van der Waals surface area contributed by atoms with Crippen molar-refractivity contribution >= 4 is 22.8 Å². The predicted octanol–water partition coefficient (Wildman–Crippen LogP) is 3.63. The molecule has 0 radical (unpaired) electrons. The summed E-state index contributed by atoms with van der Waals surface area (Å²) in [5.74, 6) is 2.13. The second-order valence-corrected chi connectivity index (χ2v) is 11.0. The highest BCUT2D eigenvalue weighted by Gasteiger charge is 2.41. The fourth-order valence-electron chi connectivity index (χ4n) is 5.43. The number of likely N-dealkylation sites (tertiary alicyclic amines) is 1. The van der Waals surface area contributed by atoms with Crippen molar-refractivity contribution in [2.75, 3.05) is 26.0 Å². The molecule has 1 amide bonds. The van der Waals surface area contributed by atoms with Crippen LogP contribution < -0.4 is 5.32 Å². The molecule has 2 aromatic rings. The zero-order valence-corrected chi connectivity index (χ0v) is 21.0. The number of fused-ring (bicyclic) bond motifs is 1. The number of nitrogens with one attached hydrogen (secondary N) is 1. The van der Waals surface area contributed by atoms with Gasteiger partial charge >= 0.3 is 0 Å². The van der Waals surface area contributed by atoms with Crippen LogP contribution in [0.1, 0.15) is 72.0 Å². The van der Waals surface area contributed by atoms with Crippen molar-refractivity contribution in [3.8, 4) is 0 Å². The third-order valence-electron chi connectivity index (χ3n) is 7.30. The molecule has 1 saturated carbocycles. The molecule has 0 spiro atoms. The summed E-state index contributed by atoms with van der Waals surface area (Å²) in [5, 5.41) is 3.41. The van der Waals surface area contributed by atoms with Crippen molar-refractivity contribution in [1.82, 2.24) is 29.7 Å². The van der Waals surface area contributed by atoms with E-state index in [1.54, 1.807) is 6.20 Å². The molecule has 2 fully saturated rings. The second kappa shape index (κ2) is 9.49. The number of nitrogens with zero attached hydrogens (tertiary/aromatic N) is 6. The lowest BCUT2D eigenvalue weighted by atomic mass is 9.78. The van der Waals surface area contributed by atoms with Gasteiger partial charge in [0.15, 0.2) is 5.82 Å². The minimum Gasteiger partial charge on any atom is -0.356 e. The van der Waals surface area contributed by atoms with Crippen LogP contribution in [0.15, 0.2) is 12.5 Å². The third-order valence-corrected chi connectivity index (χ3v) is 7.30. The number of carbonyl (C=O) groups is 1. The summed E-state index contributed by atoms with van der Waals surface area (Å²) in [5.41, 5.74) is 1.19. The highest BCUT2D eigenvalue weighted by Crippen LogP contribution is 2.36. The Kier molecular flexibility index (Phi) is 6.84. The third kappa shape index (κ3) is 4.95. The lowest BCUT2D eigenvalue weighted by Gasteiger charge is -2.43. The minimum atomic E-state index is -0.273. The van der Waals surface area contributed by atoms with Crippen molar-refractivity contribution in [2.45, 2.75) is 89.8 Å². The van der Waals surface area contributed by atoms with Gasteiger partial charge in [0.1, 0.15) is 29.2 Å². The molecule has 2 aromatic heterocycles. The van der Waals surface area contributed by atoms with Crippen molar-refractivity contribution in [3.05, 3.63) is 18.3 Å². The Hall–Kier alpha value is -2.35. The number of carbonyl (C=O) groups excluding carboxylic acids is 1. The maximum Gasteiger partial charge on any atom is 0.245 e. The number of rotatable bonds is 6. The normalized spacial score (nSPS) is 26.4. The van der Waals surface area contributed by atoms with Crippen LogP contribution in [-0.4, -0.2) is 74.4 Å². The summed E-state index contributed by atoms with van der Waals surface area (Å²) in [6, 6.07) is 0.691. The van der Waals surface area contributed by atoms with Gasteiger partial charge in [0, 0.05) is 24.0 Å². The average molecular weight is 454 g/mol. The molecule has 8 heteroatoms. The van der Waals surface area contributed by atoms with Crippen molar-refractivity contribution < 1.29 is 4.79 Å². The van der Waals surface area contributed by atoms with Crippen LogP contribution in [-0.2, 0) is 10.2 Å². The van der Waals surface area contributed by atoms with Gasteiger partial charge in [0.2, 0.25) is 5.91 Å². The molecule has 1 unspecified atom stereocenters. The van der Waals surface area contributed by atoms with Crippen LogP contribution in [0, 0.1) is 5.92 Å². The maximum absolute atomic E-state index is 13.5. The zero-order valence-electron chi connectivity index (χ0n) is 21.0. The molecule has 4 rings (SSSR count). The van der Waals surface area contributed by atoms with Crippen molar-refractivity contribution in [3.63, 3.8) is 0 Å². The van der Waals surface area contributed by atoms with E-state index < -0.39 is 0 Å². The van der Waals surface area contributed by atoms with Gasteiger partial charge in [0.05, 0.1) is 6.20 Å². The monoisotopic (exact) mass is 453 g/mol. The van der Waals surface area contributed by atoms with Gasteiger partial charge in [-0.2, -0.15) is 0 Å². The summed E-state index contributed by atoms with van der Waals surface area (Å²) in [7, 11) is 4.35. The number of hydrogen-bond donors (Lipinski definition) is 1. The number of aromatic nitrogens is 4. The quantitative estimate of drug-likeness (QED) is 0.715. The topological polar surface area (TPSA) is 87.1 Å². The lowest BCUT2D eigenvalue weighted by molar-refractivity contribution is -0.132. The molecule has 1 saturated heterocycles. The molecule has 1 N–H and O–H groups in total. The van der Waals surface area contributed by atoms with E-state index in [1.807, 2.05) is 0 Å². The Balaban J connectivity index is 1.52. The fraction of sp³-hybridized carbons (Fsp3) is 0.720. The van der Waals surface area contributed by atoms with E-state index >= 15 is 0 Å². The summed E-state index contributed by atoms with van der Waals surface area (Å²) in [6.07, 6.45) is 9.81. The van der Waals surface area contributed by atoms with E-state index in [0.29, 0.717) is 34.9 Å². The van der Waals surface area contributed by atoms with E-state index in [9.17, 15) is 4.79 Å². The molecule has 180 valence electrons. The van der Waals surface area contributed by atoms with E-state index in [2.05, 4.69) is 71.9 Å². The summed E-state index contributed by atoms with van der Waals surface area (Å²) < 4.78 is 0. The van der Waals surface area contributed by atoms with E-state index in [1.165, 1.54) is 19.2 Å². The van der Waals surface area contributed by atoms with Crippen LogP contribution in [0.3, 0.4) is 0 Å². The Bertz CT molecular complexity index is 986. The number of hydrogen-bond acceptors (Lipinski definition) is 7. The molecule has 33 heavy (non-hydrogen) atoms. The number of amides is 1. The molecule has 0 aromatic carbocycles. The smallest absolute Gasteiger partial charge is 0.245 e. The highest BCUT2D eigenvalue weighted by molar-refractivity contribution is 5.90. The largest absolute Gasteiger partial charge is 0.356 e. The van der Waals surface area contributed by atoms with Crippen molar-refractivity contribution in [2.24, 2.45) is 5.92 Å². The zero-order chi connectivity index (χ0) is 23.8. The first-order valence-electron chi connectivity index (χ1n) is 12.4. The molecule has 1 aliphatic heterocycles. The molecule has 2 aliphatic rings. The van der Waals surface area contributed by atoms with Crippen LogP contribution in [0.2, 0.25) is 0 Å². The summed E-state index contributed by atoms with van der Waals surface area (Å²) in [4.78, 5) is 36.0. The standard InChI is InChI=1S/C25H39N7O/c1-7-8-16-13-17(31(5)6)9-10-20(16)32-12-11-18(23(32)33)29-22-21-19(27-15-28-22)14-26-24(30-21)25(2,3)4/h14-18,20H,7-13H2,1-6H3,(H,27,28,29)/t16-,17-,18?,20+/m1/s1.